The van der Waals surface area contributed by atoms with Gasteiger partial charge in [-0.2, -0.15) is 5.10 Å². The Bertz CT molecular complexity index is 997. The van der Waals surface area contributed by atoms with E-state index in [2.05, 4.69) is 20.4 Å². The smallest absolute Gasteiger partial charge is 0.251 e. The normalized spacial score (nSPS) is 30.6. The van der Waals surface area contributed by atoms with E-state index in [-0.39, 0.29) is 24.4 Å². The van der Waals surface area contributed by atoms with Crippen LogP contribution in [0.4, 0.5) is 5.82 Å². The second-order valence-corrected chi connectivity index (χ2v) is 8.72. The quantitative estimate of drug-likeness (QED) is 0.827. The largest absolute Gasteiger partial charge is 0.454 e. The van der Waals surface area contributed by atoms with E-state index in [1.165, 1.54) is 0 Å². The Kier molecular flexibility index (Phi) is 3.93. The van der Waals surface area contributed by atoms with E-state index in [1.54, 1.807) is 18.2 Å². The van der Waals surface area contributed by atoms with Crippen LogP contribution in [0.5, 0.6) is 11.5 Å². The summed E-state index contributed by atoms with van der Waals surface area (Å²) in [7, 11) is 0. The molecule has 4 atom stereocenters. The summed E-state index contributed by atoms with van der Waals surface area (Å²) in [5.41, 5.74) is 1.38. The lowest BCUT2D eigenvalue weighted by Crippen LogP contribution is -2.41. The number of ether oxygens (including phenoxy) is 3. The van der Waals surface area contributed by atoms with Gasteiger partial charge in [-0.05, 0) is 50.1 Å². The monoisotopic (exact) mass is 408 g/mol. The number of amides is 1. The van der Waals surface area contributed by atoms with Crippen LogP contribution in [0.15, 0.2) is 30.3 Å². The number of aromatic nitrogens is 2. The highest BCUT2D eigenvalue weighted by Gasteiger charge is 2.63. The molecule has 1 spiro atoms. The summed E-state index contributed by atoms with van der Waals surface area (Å²) >= 11 is 0. The molecule has 3 saturated heterocycles. The Morgan fingerprint density at radius 1 is 1.23 bits per heavy atom. The highest BCUT2D eigenvalue weighted by Crippen LogP contribution is 2.55. The zero-order valence-corrected chi connectivity index (χ0v) is 16.8. The number of hydrogen-bond donors (Lipinski definition) is 1. The fraction of sp³-hybridized carbons (Fsp3) is 0.500. The molecule has 0 radical (unpaired) electrons. The van der Waals surface area contributed by atoms with Gasteiger partial charge in [0.25, 0.3) is 5.91 Å². The second-order valence-electron chi connectivity index (χ2n) is 8.72. The molecule has 4 aliphatic heterocycles. The minimum atomic E-state index is -0.120. The Morgan fingerprint density at radius 2 is 2.13 bits per heavy atom. The van der Waals surface area contributed by atoms with Crippen molar-refractivity contribution < 1.29 is 19.0 Å². The van der Waals surface area contributed by atoms with E-state index in [4.69, 9.17) is 14.2 Å². The molecule has 156 valence electrons. The minimum Gasteiger partial charge on any atom is -0.454 e. The molecule has 8 nitrogen and oxygen atoms in total. The molecule has 2 bridgehead atoms. The van der Waals surface area contributed by atoms with Crippen molar-refractivity contribution in [3.63, 3.8) is 0 Å². The van der Waals surface area contributed by atoms with Gasteiger partial charge in [0, 0.05) is 37.0 Å². The molecular weight excluding hydrogens is 384 g/mol. The SMILES string of the molecule is Cc1ccc(N2C[C@@H]3[C@H](CNC(=O)c4ccc5c(c4)OCO5)[C@H]4CC[C@]3(C2)O4)nn1. The van der Waals surface area contributed by atoms with Gasteiger partial charge in [-0.3, -0.25) is 4.79 Å². The molecule has 1 aromatic heterocycles. The van der Waals surface area contributed by atoms with Gasteiger partial charge in [0.15, 0.2) is 17.3 Å². The maximum absolute atomic E-state index is 12.7. The van der Waals surface area contributed by atoms with Crippen LogP contribution >= 0.6 is 0 Å². The topological polar surface area (TPSA) is 85.8 Å². The summed E-state index contributed by atoms with van der Waals surface area (Å²) in [6.45, 7) is 4.49. The number of rotatable bonds is 4. The van der Waals surface area contributed by atoms with E-state index < -0.39 is 0 Å². The highest BCUT2D eigenvalue weighted by atomic mass is 16.7. The summed E-state index contributed by atoms with van der Waals surface area (Å²) in [4.78, 5) is 15.0. The molecule has 0 saturated carbocycles. The fourth-order valence-corrected chi connectivity index (χ4v) is 5.55. The molecule has 5 heterocycles. The molecule has 3 fully saturated rings. The number of nitrogens with zero attached hydrogens (tertiary/aromatic N) is 3. The van der Waals surface area contributed by atoms with E-state index >= 15 is 0 Å². The van der Waals surface area contributed by atoms with E-state index in [0.717, 1.165) is 37.4 Å². The predicted octanol–water partition coefficient (Wildman–Crippen LogP) is 1.93. The Labute approximate surface area is 174 Å². The summed E-state index contributed by atoms with van der Waals surface area (Å²) < 4.78 is 17.2. The van der Waals surface area contributed by atoms with Gasteiger partial charge in [-0.1, -0.05) is 0 Å². The second kappa shape index (κ2) is 6.57. The van der Waals surface area contributed by atoms with Crippen molar-refractivity contribution in [2.24, 2.45) is 11.8 Å². The molecule has 0 aliphatic carbocycles. The van der Waals surface area contributed by atoms with E-state index in [0.29, 0.717) is 35.4 Å². The summed E-state index contributed by atoms with van der Waals surface area (Å²) in [5.74, 6) is 2.80. The molecule has 6 rings (SSSR count). The number of carbonyl (C=O) groups excluding carboxylic acids is 1. The zero-order valence-electron chi connectivity index (χ0n) is 16.8. The van der Waals surface area contributed by atoms with Crippen molar-refractivity contribution >= 4 is 11.7 Å². The molecule has 8 heteroatoms. The predicted molar refractivity (Wildman–Crippen MR) is 108 cm³/mol. The number of nitrogens with one attached hydrogen (secondary N) is 1. The lowest BCUT2D eigenvalue weighted by molar-refractivity contribution is 0.0141. The summed E-state index contributed by atoms with van der Waals surface area (Å²) in [6, 6.07) is 9.32. The minimum absolute atomic E-state index is 0.0932. The Balaban J connectivity index is 1.15. The first-order valence-corrected chi connectivity index (χ1v) is 10.5. The number of carbonyl (C=O) groups is 1. The highest BCUT2D eigenvalue weighted by molar-refractivity contribution is 5.94. The Hall–Kier alpha value is -2.87. The zero-order chi connectivity index (χ0) is 20.3. The van der Waals surface area contributed by atoms with Gasteiger partial charge in [-0.25, -0.2) is 0 Å². The van der Waals surface area contributed by atoms with Crippen LogP contribution in [0.2, 0.25) is 0 Å². The molecule has 1 aromatic carbocycles. The van der Waals surface area contributed by atoms with Crippen LogP contribution in [0.25, 0.3) is 0 Å². The lowest BCUT2D eigenvalue weighted by atomic mass is 9.73. The molecular formula is C22H24N4O4. The maximum Gasteiger partial charge on any atom is 0.251 e. The van der Waals surface area contributed by atoms with Crippen LogP contribution in [0.3, 0.4) is 0 Å². The van der Waals surface area contributed by atoms with Crippen molar-refractivity contribution in [2.75, 3.05) is 31.3 Å². The van der Waals surface area contributed by atoms with Crippen molar-refractivity contribution in [1.29, 1.82) is 0 Å². The molecule has 1 N–H and O–H groups in total. The number of benzene rings is 1. The number of hydrogen-bond acceptors (Lipinski definition) is 7. The third-order valence-electron chi connectivity index (χ3n) is 7.02. The van der Waals surface area contributed by atoms with Crippen LogP contribution in [0.1, 0.15) is 28.9 Å². The van der Waals surface area contributed by atoms with Crippen LogP contribution < -0.4 is 19.7 Å². The van der Waals surface area contributed by atoms with Crippen molar-refractivity contribution in [1.82, 2.24) is 15.5 Å². The van der Waals surface area contributed by atoms with Gasteiger partial charge < -0.3 is 24.4 Å². The van der Waals surface area contributed by atoms with Crippen LogP contribution in [-0.4, -0.2) is 54.2 Å². The maximum atomic E-state index is 12.7. The van der Waals surface area contributed by atoms with Crippen LogP contribution in [-0.2, 0) is 4.74 Å². The molecule has 4 aliphatic rings. The lowest BCUT2D eigenvalue weighted by Gasteiger charge is -2.29. The standard InChI is InChI=1S/C22H24N4O4/c1-13-2-5-20(25-24-13)26-10-16-15(17-6-7-22(16,11-26)30-17)9-23-21(27)14-3-4-18-19(8-14)29-12-28-18/h2-5,8,15-17H,6-7,9-12H2,1H3,(H,23,27)/t15-,16+,17+,22+/m0/s1. The van der Waals surface area contributed by atoms with Gasteiger partial charge in [-0.15, -0.1) is 5.10 Å². The molecule has 30 heavy (non-hydrogen) atoms. The molecule has 1 amide bonds. The first kappa shape index (κ1) is 17.9. The Morgan fingerprint density at radius 3 is 3.00 bits per heavy atom. The molecule has 0 unspecified atom stereocenters. The average Bonchev–Trinajstić information content (AvgIpc) is 3.51. The number of fused-ring (bicyclic) bond motifs is 2. The molecule has 2 aromatic rings. The number of anilines is 1. The van der Waals surface area contributed by atoms with Crippen molar-refractivity contribution in [3.05, 3.63) is 41.6 Å². The number of aryl methyl sites for hydroxylation is 1. The first-order valence-electron chi connectivity index (χ1n) is 10.5. The third kappa shape index (κ3) is 2.74. The van der Waals surface area contributed by atoms with Crippen molar-refractivity contribution in [2.45, 2.75) is 31.5 Å². The van der Waals surface area contributed by atoms with E-state index in [1.807, 2.05) is 19.1 Å². The van der Waals surface area contributed by atoms with E-state index in [9.17, 15) is 4.79 Å². The van der Waals surface area contributed by atoms with Gasteiger partial charge in [0.05, 0.1) is 17.4 Å². The van der Waals surface area contributed by atoms with Gasteiger partial charge in [0.2, 0.25) is 6.79 Å². The average molecular weight is 408 g/mol. The van der Waals surface area contributed by atoms with Gasteiger partial charge in [0.1, 0.15) is 0 Å². The van der Waals surface area contributed by atoms with Crippen LogP contribution in [0, 0.1) is 18.8 Å². The first-order chi connectivity index (χ1) is 14.6. The fourth-order valence-electron chi connectivity index (χ4n) is 5.55. The summed E-state index contributed by atoms with van der Waals surface area (Å²) in [6.07, 6.45) is 2.34. The van der Waals surface area contributed by atoms with Gasteiger partial charge >= 0.3 is 0 Å². The van der Waals surface area contributed by atoms with Crippen molar-refractivity contribution in [3.8, 4) is 11.5 Å². The summed E-state index contributed by atoms with van der Waals surface area (Å²) in [5, 5.41) is 11.7. The third-order valence-corrected chi connectivity index (χ3v) is 7.02.